The number of imidazole rings is 1. The molecule has 0 atom stereocenters. The number of benzene rings is 1. The van der Waals surface area contributed by atoms with E-state index in [1.165, 1.54) is 9.13 Å². The average molecular weight is 461 g/mol. The van der Waals surface area contributed by atoms with Crippen LogP contribution in [0.1, 0.15) is 43.7 Å². The lowest BCUT2D eigenvalue weighted by atomic mass is 10.1. The molecule has 2 aromatic heterocycles. The van der Waals surface area contributed by atoms with E-state index in [0.29, 0.717) is 26.1 Å². The lowest BCUT2D eigenvalue weighted by Crippen LogP contribution is -2.41. The van der Waals surface area contributed by atoms with E-state index in [1.807, 2.05) is 31.2 Å². The number of urea groups is 1. The third-order valence-electron chi connectivity index (χ3n) is 5.20. The topological polar surface area (TPSA) is 114 Å². The number of carbonyl (C=O) groups is 1. The number of unbranched alkanes of at least 4 members (excludes halogenated alkanes) is 2. The number of H-pyrrole nitrogens is 1. The Hall–Kier alpha value is -3.07. The normalized spacial score (nSPS) is 11.1. The summed E-state index contributed by atoms with van der Waals surface area (Å²) in [4.78, 5) is 44.6. The standard InChI is InChI=1S/C22H29ClN6O3/c1-3-4-5-11-28-18-17(26-20(23)27-18)19(30)29(22(28)32)12-7-10-24-21(31)25-14-16-9-6-8-15(2)13-16/h6,8-9,13H,3-5,7,10-12,14H2,1-2H3,(H,26,27)(H2,24,25,31). The molecule has 0 saturated carbocycles. The molecule has 0 saturated heterocycles. The largest absolute Gasteiger partial charge is 0.338 e. The number of rotatable bonds is 10. The Morgan fingerprint density at radius 2 is 1.91 bits per heavy atom. The number of halogens is 1. The van der Waals surface area contributed by atoms with Gasteiger partial charge in [0.05, 0.1) is 0 Å². The molecule has 0 aliphatic heterocycles. The fraction of sp³-hybridized carbons (Fsp3) is 0.455. The summed E-state index contributed by atoms with van der Waals surface area (Å²) in [6.07, 6.45) is 3.20. The van der Waals surface area contributed by atoms with E-state index in [0.717, 1.165) is 30.4 Å². The van der Waals surface area contributed by atoms with Gasteiger partial charge in [0, 0.05) is 26.2 Å². The summed E-state index contributed by atoms with van der Waals surface area (Å²) in [6, 6.07) is 7.60. The lowest BCUT2D eigenvalue weighted by Gasteiger charge is -2.12. The Morgan fingerprint density at radius 1 is 1.12 bits per heavy atom. The van der Waals surface area contributed by atoms with Crippen molar-refractivity contribution in [2.75, 3.05) is 6.54 Å². The van der Waals surface area contributed by atoms with E-state index in [1.54, 1.807) is 0 Å². The smallest absolute Gasteiger partial charge is 0.332 e. The maximum absolute atomic E-state index is 13.0. The van der Waals surface area contributed by atoms with Gasteiger partial charge in [-0.05, 0) is 36.9 Å². The molecule has 10 heteroatoms. The van der Waals surface area contributed by atoms with Gasteiger partial charge in [-0.3, -0.25) is 13.9 Å². The first-order valence-corrected chi connectivity index (χ1v) is 11.2. The van der Waals surface area contributed by atoms with E-state index < -0.39 is 11.2 Å². The molecule has 172 valence electrons. The van der Waals surface area contributed by atoms with Gasteiger partial charge in [0.2, 0.25) is 5.28 Å². The summed E-state index contributed by atoms with van der Waals surface area (Å²) in [7, 11) is 0. The van der Waals surface area contributed by atoms with Crippen molar-refractivity contribution in [3.05, 3.63) is 61.5 Å². The zero-order valence-corrected chi connectivity index (χ0v) is 19.2. The second-order valence-corrected chi connectivity index (χ2v) is 8.13. The Kier molecular flexibility index (Phi) is 8.10. The molecular weight excluding hydrogens is 432 g/mol. The van der Waals surface area contributed by atoms with E-state index in [-0.39, 0.29) is 29.0 Å². The molecule has 2 amide bonds. The number of nitrogens with zero attached hydrogens (tertiary/aromatic N) is 3. The van der Waals surface area contributed by atoms with Crippen LogP contribution in [0.3, 0.4) is 0 Å². The summed E-state index contributed by atoms with van der Waals surface area (Å²) in [5.41, 5.74) is 1.78. The van der Waals surface area contributed by atoms with Crippen molar-refractivity contribution in [1.29, 1.82) is 0 Å². The number of hydrogen-bond acceptors (Lipinski definition) is 4. The quantitative estimate of drug-likeness (QED) is 0.319. The summed E-state index contributed by atoms with van der Waals surface area (Å²) in [5.74, 6) is 0. The molecular formula is C22H29ClN6O3. The van der Waals surface area contributed by atoms with Gasteiger partial charge < -0.3 is 15.6 Å². The minimum absolute atomic E-state index is 0.0745. The molecule has 3 aromatic rings. The molecule has 0 aliphatic carbocycles. The van der Waals surface area contributed by atoms with Crippen LogP contribution in [0.5, 0.6) is 0 Å². The van der Waals surface area contributed by atoms with Crippen molar-refractivity contribution in [3.63, 3.8) is 0 Å². The predicted molar refractivity (Wildman–Crippen MR) is 125 cm³/mol. The minimum Gasteiger partial charge on any atom is -0.338 e. The van der Waals surface area contributed by atoms with E-state index in [2.05, 4.69) is 27.5 Å². The molecule has 2 heterocycles. The van der Waals surface area contributed by atoms with Gasteiger partial charge >= 0.3 is 11.7 Å². The number of aromatic nitrogens is 4. The van der Waals surface area contributed by atoms with E-state index in [4.69, 9.17) is 11.6 Å². The Labute approximate surface area is 190 Å². The second kappa shape index (κ2) is 11.0. The summed E-state index contributed by atoms with van der Waals surface area (Å²) < 4.78 is 2.67. The first-order chi connectivity index (χ1) is 15.4. The number of amides is 2. The van der Waals surface area contributed by atoms with Crippen molar-refractivity contribution in [1.82, 2.24) is 29.7 Å². The Balaban J connectivity index is 1.61. The highest BCUT2D eigenvalue weighted by Crippen LogP contribution is 2.11. The van der Waals surface area contributed by atoms with Crippen LogP contribution in [0, 0.1) is 6.92 Å². The number of fused-ring (bicyclic) bond motifs is 1. The lowest BCUT2D eigenvalue weighted by molar-refractivity contribution is 0.240. The van der Waals surface area contributed by atoms with Crippen molar-refractivity contribution in [3.8, 4) is 0 Å². The molecule has 9 nitrogen and oxygen atoms in total. The summed E-state index contributed by atoms with van der Waals surface area (Å²) in [5, 5.41) is 5.63. The summed E-state index contributed by atoms with van der Waals surface area (Å²) >= 11 is 5.95. The average Bonchev–Trinajstić information content (AvgIpc) is 3.16. The highest BCUT2D eigenvalue weighted by Gasteiger charge is 2.16. The first-order valence-electron chi connectivity index (χ1n) is 10.9. The molecule has 0 bridgehead atoms. The van der Waals surface area contributed by atoms with Crippen molar-refractivity contribution in [2.24, 2.45) is 0 Å². The van der Waals surface area contributed by atoms with E-state index >= 15 is 0 Å². The van der Waals surface area contributed by atoms with Crippen LogP contribution in [0.4, 0.5) is 4.79 Å². The number of carbonyl (C=O) groups excluding carboxylic acids is 1. The van der Waals surface area contributed by atoms with Crippen LogP contribution in [-0.4, -0.2) is 31.7 Å². The number of nitrogens with one attached hydrogen (secondary N) is 3. The zero-order valence-electron chi connectivity index (χ0n) is 18.4. The zero-order chi connectivity index (χ0) is 23.1. The predicted octanol–water partition coefficient (Wildman–Crippen LogP) is 2.93. The van der Waals surface area contributed by atoms with Gasteiger partial charge in [0.25, 0.3) is 5.56 Å². The van der Waals surface area contributed by atoms with Crippen LogP contribution < -0.4 is 21.9 Å². The third kappa shape index (κ3) is 5.79. The van der Waals surface area contributed by atoms with Gasteiger partial charge in [-0.15, -0.1) is 0 Å². The van der Waals surface area contributed by atoms with Crippen LogP contribution in [0.15, 0.2) is 33.9 Å². The minimum atomic E-state index is -0.458. The SMILES string of the molecule is CCCCCn1c(=O)n(CCCNC(=O)NCc2cccc(C)c2)c(=O)c2[nH]c(Cl)nc21. The van der Waals surface area contributed by atoms with Crippen molar-refractivity contribution < 1.29 is 4.79 Å². The molecule has 3 N–H and O–H groups in total. The maximum Gasteiger partial charge on any atom is 0.332 e. The van der Waals surface area contributed by atoms with Gasteiger partial charge in [-0.2, -0.15) is 4.98 Å². The monoisotopic (exact) mass is 460 g/mol. The molecule has 0 unspecified atom stereocenters. The van der Waals surface area contributed by atoms with Crippen molar-refractivity contribution in [2.45, 2.75) is 59.2 Å². The van der Waals surface area contributed by atoms with Crippen LogP contribution in [0.2, 0.25) is 5.28 Å². The van der Waals surface area contributed by atoms with Crippen molar-refractivity contribution >= 4 is 28.8 Å². The van der Waals surface area contributed by atoms with Crippen LogP contribution in [0.25, 0.3) is 11.2 Å². The molecule has 3 rings (SSSR count). The summed E-state index contributed by atoms with van der Waals surface area (Å²) in [6.45, 7) is 5.46. The third-order valence-corrected chi connectivity index (χ3v) is 5.38. The molecule has 0 aliphatic rings. The fourth-order valence-corrected chi connectivity index (χ4v) is 3.74. The second-order valence-electron chi connectivity index (χ2n) is 7.78. The molecule has 0 radical (unpaired) electrons. The molecule has 1 aromatic carbocycles. The number of hydrogen-bond donors (Lipinski definition) is 3. The Bertz CT molecular complexity index is 1200. The van der Waals surface area contributed by atoms with Gasteiger partial charge in [-0.25, -0.2) is 9.59 Å². The highest BCUT2D eigenvalue weighted by atomic mass is 35.5. The van der Waals surface area contributed by atoms with Crippen LogP contribution >= 0.6 is 11.6 Å². The molecule has 0 spiro atoms. The first kappa shape index (κ1) is 23.6. The number of aromatic amines is 1. The molecule has 32 heavy (non-hydrogen) atoms. The van der Waals surface area contributed by atoms with Crippen LogP contribution in [-0.2, 0) is 19.6 Å². The maximum atomic E-state index is 13.0. The van der Waals surface area contributed by atoms with Gasteiger partial charge in [0.15, 0.2) is 11.2 Å². The van der Waals surface area contributed by atoms with E-state index in [9.17, 15) is 14.4 Å². The Morgan fingerprint density at radius 3 is 2.66 bits per heavy atom. The molecule has 0 fully saturated rings. The fourth-order valence-electron chi connectivity index (χ4n) is 3.56. The number of aryl methyl sites for hydroxylation is 2. The highest BCUT2D eigenvalue weighted by molar-refractivity contribution is 6.28. The van der Waals surface area contributed by atoms with Gasteiger partial charge in [-0.1, -0.05) is 49.6 Å². The van der Waals surface area contributed by atoms with Gasteiger partial charge in [0.1, 0.15) is 0 Å².